The number of carbonyl (C=O) groups is 3. The van der Waals surface area contributed by atoms with Gasteiger partial charge in [0.15, 0.2) is 0 Å². The third-order valence-electron chi connectivity index (χ3n) is 4.23. The van der Waals surface area contributed by atoms with Gasteiger partial charge in [0.2, 0.25) is 17.8 Å². The van der Waals surface area contributed by atoms with Crippen molar-refractivity contribution in [3.05, 3.63) is 64.1 Å². The zero-order valence-corrected chi connectivity index (χ0v) is 14.6. The first kappa shape index (κ1) is 16.8. The van der Waals surface area contributed by atoms with Gasteiger partial charge in [-0.2, -0.15) is 0 Å². The molecule has 0 saturated carbocycles. The Bertz CT molecular complexity index is 974. The normalized spacial score (nSPS) is 21.5. The van der Waals surface area contributed by atoms with E-state index in [2.05, 4.69) is 5.16 Å². The van der Waals surface area contributed by atoms with Gasteiger partial charge in [0.05, 0.1) is 10.7 Å². The second kappa shape index (κ2) is 6.23. The van der Waals surface area contributed by atoms with Gasteiger partial charge in [0.25, 0.3) is 5.91 Å². The molecule has 2 atom stereocenters. The van der Waals surface area contributed by atoms with E-state index >= 15 is 0 Å². The fourth-order valence-corrected chi connectivity index (χ4v) is 3.37. The summed E-state index contributed by atoms with van der Waals surface area (Å²) in [6, 6.07) is 12.8. The maximum atomic E-state index is 12.9. The van der Waals surface area contributed by atoms with Crippen molar-refractivity contribution < 1.29 is 19.2 Å². The van der Waals surface area contributed by atoms with E-state index < -0.39 is 29.6 Å². The highest BCUT2D eigenvalue weighted by atomic mass is 35.5. The van der Waals surface area contributed by atoms with Gasteiger partial charge in [-0.3, -0.25) is 14.4 Å². The number of fused-ring (bicyclic) bond motifs is 1. The van der Waals surface area contributed by atoms with E-state index in [0.717, 1.165) is 4.90 Å². The van der Waals surface area contributed by atoms with Crippen LogP contribution in [0.15, 0.2) is 53.7 Å². The lowest BCUT2D eigenvalue weighted by atomic mass is 9.93. The Balaban J connectivity index is 1.70. The molecule has 2 unspecified atom stereocenters. The molecule has 1 fully saturated rings. The summed E-state index contributed by atoms with van der Waals surface area (Å²) in [6.45, 7) is 0. The Hall–Kier alpha value is -2.70. The number of imide groups is 1. The van der Waals surface area contributed by atoms with Crippen molar-refractivity contribution >= 4 is 52.2 Å². The van der Waals surface area contributed by atoms with Gasteiger partial charge < -0.3 is 4.84 Å². The molecule has 6 nitrogen and oxygen atoms in total. The largest absolute Gasteiger partial charge is 0.381 e. The SMILES string of the molecule is O=C(C1=NOC2C(=O)N(c3cc(Cl)ccc3Cl)C(=O)C12)c1ccccc1. The minimum atomic E-state index is -1.18. The zero-order chi connectivity index (χ0) is 18.4. The molecule has 0 spiro atoms. The number of oxime groups is 1. The number of hydrogen-bond donors (Lipinski definition) is 0. The van der Waals surface area contributed by atoms with Crippen LogP contribution in [0.2, 0.25) is 10.0 Å². The molecule has 2 aliphatic rings. The lowest BCUT2D eigenvalue weighted by Gasteiger charge is -2.17. The van der Waals surface area contributed by atoms with Crippen molar-refractivity contribution in [2.24, 2.45) is 11.1 Å². The van der Waals surface area contributed by atoms with Crippen LogP contribution < -0.4 is 4.90 Å². The number of nitrogens with zero attached hydrogens (tertiary/aromatic N) is 2. The Morgan fingerprint density at radius 2 is 1.77 bits per heavy atom. The van der Waals surface area contributed by atoms with Crippen LogP contribution in [-0.2, 0) is 14.4 Å². The number of hydrogen-bond acceptors (Lipinski definition) is 5. The van der Waals surface area contributed by atoms with Crippen molar-refractivity contribution in [2.45, 2.75) is 6.10 Å². The average molecular weight is 389 g/mol. The van der Waals surface area contributed by atoms with Gasteiger partial charge in [0, 0.05) is 10.6 Å². The molecule has 1 saturated heterocycles. The van der Waals surface area contributed by atoms with E-state index in [1.165, 1.54) is 12.1 Å². The highest BCUT2D eigenvalue weighted by Gasteiger charge is 2.57. The van der Waals surface area contributed by atoms with E-state index in [1.807, 2.05) is 0 Å². The second-order valence-corrected chi connectivity index (χ2v) is 6.63. The van der Waals surface area contributed by atoms with E-state index in [0.29, 0.717) is 10.6 Å². The number of ketones is 1. The smallest absolute Gasteiger partial charge is 0.279 e. The fourth-order valence-electron chi connectivity index (χ4n) is 3.00. The quantitative estimate of drug-likeness (QED) is 0.597. The minimum Gasteiger partial charge on any atom is -0.381 e. The predicted octanol–water partition coefficient (Wildman–Crippen LogP) is 3.12. The van der Waals surface area contributed by atoms with E-state index in [-0.39, 0.29) is 16.4 Å². The molecule has 0 radical (unpaired) electrons. The van der Waals surface area contributed by atoms with Crippen LogP contribution in [0, 0.1) is 5.92 Å². The van der Waals surface area contributed by atoms with E-state index in [1.54, 1.807) is 36.4 Å². The number of rotatable bonds is 3. The van der Waals surface area contributed by atoms with Crippen LogP contribution >= 0.6 is 23.2 Å². The second-order valence-electron chi connectivity index (χ2n) is 5.78. The Kier molecular flexibility index (Phi) is 4.01. The molecule has 4 rings (SSSR count). The number of anilines is 1. The van der Waals surface area contributed by atoms with Crippen molar-refractivity contribution in [3.63, 3.8) is 0 Å². The Morgan fingerprint density at radius 3 is 2.50 bits per heavy atom. The first-order chi connectivity index (χ1) is 12.5. The standard InChI is InChI=1S/C18H10Cl2N2O4/c19-10-6-7-11(20)12(8-10)22-17(24)13-14(21-26-16(13)18(22)25)15(23)9-4-2-1-3-5-9/h1-8,13,16H. The third-order valence-corrected chi connectivity index (χ3v) is 4.78. The molecule has 130 valence electrons. The molecule has 2 aliphatic heterocycles. The van der Waals surface area contributed by atoms with Gasteiger partial charge in [-0.15, -0.1) is 0 Å². The molecule has 2 aromatic carbocycles. The van der Waals surface area contributed by atoms with Crippen molar-refractivity contribution in [1.82, 2.24) is 0 Å². The highest BCUT2D eigenvalue weighted by Crippen LogP contribution is 2.38. The van der Waals surface area contributed by atoms with Crippen molar-refractivity contribution in [3.8, 4) is 0 Å². The predicted molar refractivity (Wildman–Crippen MR) is 95.5 cm³/mol. The number of carbonyl (C=O) groups excluding carboxylic acids is 3. The molecule has 0 aliphatic carbocycles. The molecule has 0 N–H and O–H groups in total. The number of amides is 2. The molecular formula is C18H10Cl2N2O4. The summed E-state index contributed by atoms with van der Waals surface area (Å²) in [6.07, 6.45) is -1.18. The number of Topliss-reactive ketones (excluding diaryl/α,β-unsaturated/α-hetero) is 1. The summed E-state index contributed by atoms with van der Waals surface area (Å²) >= 11 is 12.1. The maximum absolute atomic E-state index is 12.9. The van der Waals surface area contributed by atoms with E-state index in [9.17, 15) is 14.4 Å². The fraction of sp³-hybridized carbons (Fsp3) is 0.111. The summed E-state index contributed by atoms with van der Waals surface area (Å²) < 4.78 is 0. The van der Waals surface area contributed by atoms with Crippen molar-refractivity contribution in [2.75, 3.05) is 4.90 Å². The Morgan fingerprint density at radius 1 is 1.04 bits per heavy atom. The molecule has 0 aromatic heterocycles. The highest BCUT2D eigenvalue weighted by molar-refractivity contribution is 6.52. The van der Waals surface area contributed by atoms with Crippen LogP contribution in [0.3, 0.4) is 0 Å². The van der Waals surface area contributed by atoms with Gasteiger partial charge in [-0.1, -0.05) is 58.7 Å². The zero-order valence-electron chi connectivity index (χ0n) is 13.1. The topological polar surface area (TPSA) is 76.0 Å². The first-order valence-corrected chi connectivity index (χ1v) is 8.41. The van der Waals surface area contributed by atoms with Crippen molar-refractivity contribution in [1.29, 1.82) is 0 Å². The van der Waals surface area contributed by atoms with Crippen LogP contribution in [0.1, 0.15) is 10.4 Å². The molecule has 0 bridgehead atoms. The van der Waals surface area contributed by atoms with Crippen LogP contribution in [0.4, 0.5) is 5.69 Å². The summed E-state index contributed by atoms with van der Waals surface area (Å²) in [5.41, 5.74) is 0.411. The number of halogens is 2. The van der Waals surface area contributed by atoms with Gasteiger partial charge in [0.1, 0.15) is 11.6 Å². The van der Waals surface area contributed by atoms with E-state index in [4.69, 9.17) is 28.0 Å². The lowest BCUT2D eigenvalue weighted by Crippen LogP contribution is -2.34. The van der Waals surface area contributed by atoms with Crippen LogP contribution in [0.25, 0.3) is 0 Å². The minimum absolute atomic E-state index is 0.0970. The van der Waals surface area contributed by atoms with Gasteiger partial charge in [-0.05, 0) is 18.2 Å². The summed E-state index contributed by atoms with van der Waals surface area (Å²) in [5.74, 6) is -2.82. The summed E-state index contributed by atoms with van der Waals surface area (Å²) in [4.78, 5) is 44.2. The molecule has 2 amide bonds. The van der Waals surface area contributed by atoms with Crippen LogP contribution in [-0.4, -0.2) is 29.4 Å². The molecular weight excluding hydrogens is 379 g/mol. The maximum Gasteiger partial charge on any atom is 0.279 e. The molecule has 8 heteroatoms. The lowest BCUT2D eigenvalue weighted by molar-refractivity contribution is -0.126. The van der Waals surface area contributed by atoms with Gasteiger partial charge >= 0.3 is 0 Å². The first-order valence-electron chi connectivity index (χ1n) is 7.65. The molecule has 26 heavy (non-hydrogen) atoms. The summed E-state index contributed by atoms with van der Waals surface area (Å²) in [5, 5.41) is 4.21. The monoisotopic (exact) mass is 388 g/mol. The third kappa shape index (κ3) is 2.50. The molecule has 2 aromatic rings. The summed E-state index contributed by atoms with van der Waals surface area (Å²) in [7, 11) is 0. The average Bonchev–Trinajstić information content (AvgIpc) is 3.18. The molecule has 2 heterocycles. The Labute approximate surface area is 157 Å². The number of benzene rings is 2. The van der Waals surface area contributed by atoms with Gasteiger partial charge in [-0.25, -0.2) is 4.90 Å². The van der Waals surface area contributed by atoms with Crippen LogP contribution in [0.5, 0.6) is 0 Å².